The summed E-state index contributed by atoms with van der Waals surface area (Å²) < 4.78 is 11.4. The summed E-state index contributed by atoms with van der Waals surface area (Å²) in [6.45, 7) is 4.18. The summed E-state index contributed by atoms with van der Waals surface area (Å²) >= 11 is 1.63. The van der Waals surface area contributed by atoms with Gasteiger partial charge in [-0.15, -0.1) is 35.3 Å². The first-order valence-corrected chi connectivity index (χ1v) is 10.6. The van der Waals surface area contributed by atoms with Gasteiger partial charge in [0.1, 0.15) is 16.9 Å². The molecule has 1 aliphatic rings. The molecule has 160 valence electrons. The van der Waals surface area contributed by atoms with Crippen LogP contribution in [0.4, 0.5) is 0 Å². The van der Waals surface area contributed by atoms with E-state index in [1.807, 2.05) is 32.2 Å². The first-order valence-electron chi connectivity index (χ1n) is 9.70. The van der Waals surface area contributed by atoms with E-state index in [0.717, 1.165) is 40.5 Å². The van der Waals surface area contributed by atoms with Gasteiger partial charge in [-0.1, -0.05) is 18.2 Å². The van der Waals surface area contributed by atoms with Crippen molar-refractivity contribution < 1.29 is 9.47 Å². The minimum Gasteiger partial charge on any atom is -0.493 e. The smallest absolute Gasteiger partial charge is 0.194 e. The number of hydrogen-bond acceptors (Lipinski definition) is 5. The van der Waals surface area contributed by atoms with E-state index in [1.54, 1.807) is 25.5 Å². The van der Waals surface area contributed by atoms with Crippen LogP contribution in [-0.2, 0) is 17.8 Å². The fourth-order valence-corrected chi connectivity index (χ4v) is 3.68. The SMILES string of the molecule is CN=C(NCc1ccccc1OCC1CC1)N(C)Cc1csc(C(C)OC)n1.I. The van der Waals surface area contributed by atoms with Gasteiger partial charge in [-0.25, -0.2) is 4.98 Å². The predicted octanol–water partition coefficient (Wildman–Crippen LogP) is 4.46. The normalized spacial score (nSPS) is 14.8. The van der Waals surface area contributed by atoms with Crippen molar-refractivity contribution >= 4 is 41.3 Å². The molecule has 0 amide bonds. The monoisotopic (exact) mass is 530 g/mol. The summed E-state index contributed by atoms with van der Waals surface area (Å²) in [5.41, 5.74) is 2.16. The van der Waals surface area contributed by atoms with Crippen molar-refractivity contribution in [3.05, 3.63) is 45.9 Å². The maximum absolute atomic E-state index is 6.00. The van der Waals surface area contributed by atoms with Crippen LogP contribution in [0, 0.1) is 5.92 Å². The van der Waals surface area contributed by atoms with Gasteiger partial charge < -0.3 is 19.7 Å². The lowest BCUT2D eigenvalue weighted by atomic mass is 10.2. The standard InChI is InChI=1S/C21H30N4O2S.HI/c1-15(26-4)20-24-18(14-28-20)12-25(3)21(22-2)23-11-17-7-5-6-8-19(17)27-13-16-9-10-16;/h5-8,14-16H,9-13H2,1-4H3,(H,22,23);1H. The lowest BCUT2D eigenvalue weighted by Gasteiger charge is -2.22. The molecule has 3 rings (SSSR count). The van der Waals surface area contributed by atoms with Gasteiger partial charge in [0, 0.05) is 38.7 Å². The largest absolute Gasteiger partial charge is 0.493 e. The van der Waals surface area contributed by atoms with Crippen LogP contribution >= 0.6 is 35.3 Å². The van der Waals surface area contributed by atoms with Gasteiger partial charge in [0.15, 0.2) is 5.96 Å². The molecule has 1 aliphatic carbocycles. The molecule has 1 fully saturated rings. The third-order valence-electron chi connectivity index (χ3n) is 4.82. The number of methoxy groups -OCH3 is 1. The Bertz CT molecular complexity index is 794. The molecule has 6 nitrogen and oxygen atoms in total. The zero-order valence-corrected chi connectivity index (χ0v) is 20.7. The van der Waals surface area contributed by atoms with Gasteiger partial charge in [0.25, 0.3) is 0 Å². The van der Waals surface area contributed by atoms with Crippen molar-refractivity contribution in [1.29, 1.82) is 0 Å². The summed E-state index contributed by atoms with van der Waals surface area (Å²) in [4.78, 5) is 11.2. The number of guanidine groups is 1. The highest BCUT2D eigenvalue weighted by atomic mass is 127. The molecule has 0 saturated heterocycles. The quantitative estimate of drug-likeness (QED) is 0.295. The third-order valence-corrected chi connectivity index (χ3v) is 5.88. The average molecular weight is 530 g/mol. The second kappa shape index (κ2) is 11.7. The number of ether oxygens (including phenoxy) is 2. The Labute approximate surface area is 194 Å². The topological polar surface area (TPSA) is 59.0 Å². The number of rotatable bonds is 9. The average Bonchev–Trinajstić information content (AvgIpc) is 3.43. The Balaban J connectivity index is 0.00000300. The minimum absolute atomic E-state index is 0. The minimum atomic E-state index is 0. The lowest BCUT2D eigenvalue weighted by molar-refractivity contribution is 0.119. The van der Waals surface area contributed by atoms with Gasteiger partial charge in [0.2, 0.25) is 0 Å². The molecule has 1 heterocycles. The molecule has 1 unspecified atom stereocenters. The summed E-state index contributed by atoms with van der Waals surface area (Å²) in [5, 5.41) is 6.51. The molecule has 1 aromatic carbocycles. The number of benzene rings is 1. The Morgan fingerprint density at radius 3 is 2.83 bits per heavy atom. The Morgan fingerprint density at radius 1 is 1.38 bits per heavy atom. The maximum atomic E-state index is 6.00. The van der Waals surface area contributed by atoms with Crippen LogP contribution in [0.5, 0.6) is 5.75 Å². The maximum Gasteiger partial charge on any atom is 0.194 e. The van der Waals surface area contributed by atoms with Crippen LogP contribution in [-0.4, -0.2) is 43.7 Å². The first-order chi connectivity index (χ1) is 13.6. The summed E-state index contributed by atoms with van der Waals surface area (Å²) in [7, 11) is 5.52. The second-order valence-corrected chi connectivity index (χ2v) is 8.06. The summed E-state index contributed by atoms with van der Waals surface area (Å²) in [6, 6.07) is 8.20. The fourth-order valence-electron chi connectivity index (χ4n) is 2.84. The fraction of sp³-hybridized carbons (Fsp3) is 0.524. The molecule has 0 bridgehead atoms. The number of nitrogens with one attached hydrogen (secondary N) is 1. The molecular formula is C21H31IN4O2S. The Hall–Kier alpha value is -1.39. The highest BCUT2D eigenvalue weighted by Crippen LogP contribution is 2.30. The molecule has 1 atom stereocenters. The van der Waals surface area contributed by atoms with Crippen LogP contribution in [0.25, 0.3) is 0 Å². The number of halogens is 1. The van der Waals surface area contributed by atoms with Crippen molar-refractivity contribution in [3.8, 4) is 5.75 Å². The first kappa shape index (κ1) is 23.9. The van der Waals surface area contributed by atoms with E-state index >= 15 is 0 Å². The Kier molecular flexibility index (Phi) is 9.64. The molecule has 29 heavy (non-hydrogen) atoms. The van der Waals surface area contributed by atoms with Crippen molar-refractivity contribution in [2.45, 2.75) is 39.0 Å². The van der Waals surface area contributed by atoms with E-state index in [4.69, 9.17) is 9.47 Å². The van der Waals surface area contributed by atoms with E-state index in [2.05, 4.69) is 31.6 Å². The number of hydrogen-bond donors (Lipinski definition) is 1. The molecule has 0 aliphatic heterocycles. The van der Waals surface area contributed by atoms with Crippen molar-refractivity contribution in [3.63, 3.8) is 0 Å². The zero-order valence-electron chi connectivity index (χ0n) is 17.6. The van der Waals surface area contributed by atoms with Crippen molar-refractivity contribution in [2.75, 3.05) is 27.8 Å². The van der Waals surface area contributed by atoms with Crippen molar-refractivity contribution in [1.82, 2.24) is 15.2 Å². The van der Waals surface area contributed by atoms with E-state index in [9.17, 15) is 0 Å². The van der Waals surface area contributed by atoms with Crippen LogP contribution in [0.3, 0.4) is 0 Å². The second-order valence-electron chi connectivity index (χ2n) is 7.17. The van der Waals surface area contributed by atoms with E-state index < -0.39 is 0 Å². The van der Waals surface area contributed by atoms with Crippen molar-refractivity contribution in [2.24, 2.45) is 10.9 Å². The number of nitrogens with zero attached hydrogens (tertiary/aromatic N) is 3. The van der Waals surface area contributed by atoms with Crippen LogP contribution in [0.1, 0.15) is 42.1 Å². The van der Waals surface area contributed by atoms with E-state index in [0.29, 0.717) is 13.1 Å². The van der Waals surface area contributed by atoms with Gasteiger partial charge in [0.05, 0.1) is 18.8 Å². The number of aromatic nitrogens is 1. The molecule has 1 saturated carbocycles. The van der Waals surface area contributed by atoms with Gasteiger partial charge in [-0.3, -0.25) is 4.99 Å². The number of thiazole rings is 1. The molecule has 0 spiro atoms. The summed E-state index contributed by atoms with van der Waals surface area (Å²) in [5.74, 6) is 2.52. The van der Waals surface area contributed by atoms with Gasteiger partial charge in [-0.05, 0) is 31.7 Å². The molecular weight excluding hydrogens is 499 g/mol. The molecule has 2 aromatic rings. The van der Waals surface area contributed by atoms with E-state index in [1.165, 1.54) is 12.8 Å². The molecule has 1 aromatic heterocycles. The predicted molar refractivity (Wildman–Crippen MR) is 129 cm³/mol. The molecule has 8 heteroatoms. The van der Waals surface area contributed by atoms with Gasteiger partial charge in [-0.2, -0.15) is 0 Å². The zero-order chi connectivity index (χ0) is 19.9. The number of aliphatic imine (C=N–C) groups is 1. The summed E-state index contributed by atoms with van der Waals surface area (Å²) in [6.07, 6.45) is 2.60. The van der Waals surface area contributed by atoms with Crippen LogP contribution in [0.15, 0.2) is 34.6 Å². The molecule has 0 radical (unpaired) electrons. The third kappa shape index (κ3) is 7.11. The lowest BCUT2D eigenvalue weighted by Crippen LogP contribution is -2.38. The van der Waals surface area contributed by atoms with Crippen LogP contribution < -0.4 is 10.1 Å². The Morgan fingerprint density at radius 2 is 2.14 bits per heavy atom. The highest BCUT2D eigenvalue weighted by Gasteiger charge is 2.22. The highest BCUT2D eigenvalue weighted by molar-refractivity contribution is 14.0. The van der Waals surface area contributed by atoms with Gasteiger partial charge >= 0.3 is 0 Å². The van der Waals surface area contributed by atoms with Crippen LogP contribution in [0.2, 0.25) is 0 Å². The molecule has 1 N–H and O–H groups in total. The number of para-hydroxylation sites is 1. The van der Waals surface area contributed by atoms with E-state index in [-0.39, 0.29) is 30.1 Å².